The van der Waals surface area contributed by atoms with Gasteiger partial charge in [-0.3, -0.25) is 4.79 Å². The van der Waals surface area contributed by atoms with Crippen molar-refractivity contribution in [3.05, 3.63) is 34.5 Å². The number of phenols is 5. The first-order chi connectivity index (χ1) is 11.3. The largest absolute Gasteiger partial charge is 0.507 e. The van der Waals surface area contributed by atoms with E-state index in [1.165, 1.54) is 7.11 Å². The van der Waals surface area contributed by atoms with Crippen molar-refractivity contribution in [1.82, 2.24) is 0 Å². The molecule has 124 valence electrons. The molecule has 1 aromatic heterocycles. The SMILES string of the molecule is COc1c(O)cc(O)c2c(=O)cc(-c3cc(O)c(O)c(O)c3)oc12. The molecule has 5 N–H and O–H groups in total. The molecular formula is C16H12O8. The number of hydrogen-bond acceptors (Lipinski definition) is 8. The Kier molecular flexibility index (Phi) is 3.37. The monoisotopic (exact) mass is 332 g/mol. The molecule has 8 nitrogen and oxygen atoms in total. The highest BCUT2D eigenvalue weighted by molar-refractivity contribution is 5.91. The maximum Gasteiger partial charge on any atom is 0.204 e. The van der Waals surface area contributed by atoms with Crippen LogP contribution in [0, 0.1) is 0 Å². The first-order valence-electron chi connectivity index (χ1n) is 6.65. The van der Waals surface area contributed by atoms with Crippen LogP contribution in [0.3, 0.4) is 0 Å². The van der Waals surface area contributed by atoms with Crippen LogP contribution in [0.25, 0.3) is 22.3 Å². The fourth-order valence-corrected chi connectivity index (χ4v) is 2.37. The van der Waals surface area contributed by atoms with E-state index in [0.717, 1.165) is 24.3 Å². The van der Waals surface area contributed by atoms with Crippen LogP contribution in [0.15, 0.2) is 33.5 Å². The second-order valence-electron chi connectivity index (χ2n) is 4.99. The molecule has 0 saturated heterocycles. The van der Waals surface area contributed by atoms with Gasteiger partial charge >= 0.3 is 0 Å². The van der Waals surface area contributed by atoms with Crippen LogP contribution in [0.5, 0.6) is 34.5 Å². The van der Waals surface area contributed by atoms with Crippen molar-refractivity contribution < 1.29 is 34.7 Å². The minimum atomic E-state index is -0.713. The molecule has 3 rings (SSSR count). The summed E-state index contributed by atoms with van der Waals surface area (Å²) in [6.07, 6.45) is 0. The van der Waals surface area contributed by atoms with E-state index in [-0.39, 0.29) is 28.0 Å². The van der Waals surface area contributed by atoms with Gasteiger partial charge in [0.05, 0.1) is 7.11 Å². The predicted molar refractivity (Wildman–Crippen MR) is 82.8 cm³/mol. The van der Waals surface area contributed by atoms with Crippen molar-refractivity contribution in [2.45, 2.75) is 0 Å². The average molecular weight is 332 g/mol. The van der Waals surface area contributed by atoms with E-state index < -0.39 is 34.2 Å². The van der Waals surface area contributed by atoms with E-state index in [9.17, 15) is 30.3 Å². The lowest BCUT2D eigenvalue weighted by Gasteiger charge is -2.10. The van der Waals surface area contributed by atoms with Gasteiger partial charge in [0.15, 0.2) is 34.0 Å². The van der Waals surface area contributed by atoms with Crippen LogP contribution in [0.1, 0.15) is 0 Å². The van der Waals surface area contributed by atoms with E-state index in [1.54, 1.807) is 0 Å². The van der Waals surface area contributed by atoms with Crippen molar-refractivity contribution in [1.29, 1.82) is 0 Å². The summed E-state index contributed by atoms with van der Waals surface area (Å²) in [5.74, 6) is -3.10. The molecule has 0 atom stereocenters. The second kappa shape index (κ2) is 5.27. The molecule has 24 heavy (non-hydrogen) atoms. The highest BCUT2D eigenvalue weighted by Gasteiger charge is 2.20. The predicted octanol–water partition coefficient (Wildman–Crippen LogP) is 2.00. The fraction of sp³-hybridized carbons (Fsp3) is 0.0625. The Morgan fingerprint density at radius 2 is 1.50 bits per heavy atom. The first kappa shape index (κ1) is 15.3. The molecule has 0 fully saturated rings. The van der Waals surface area contributed by atoms with Crippen molar-refractivity contribution in [3.8, 4) is 45.8 Å². The van der Waals surface area contributed by atoms with Gasteiger partial charge in [0.2, 0.25) is 5.75 Å². The third kappa shape index (κ3) is 2.21. The van der Waals surface area contributed by atoms with Crippen LogP contribution in [0.2, 0.25) is 0 Å². The number of aromatic hydroxyl groups is 5. The molecule has 0 amide bonds. The molecule has 0 radical (unpaired) electrons. The number of phenolic OH excluding ortho intramolecular Hbond substituents is 5. The standard InChI is InChI=1S/C16H12O8/c1-23-15-11(21)4-7(17)13-8(18)5-12(24-16(13)15)6-2-9(19)14(22)10(20)3-6/h2-5,17,19-22H,1H3. The summed E-state index contributed by atoms with van der Waals surface area (Å²) in [6, 6.07) is 4.14. The molecule has 0 saturated carbocycles. The molecule has 2 aromatic carbocycles. The molecule has 0 spiro atoms. The van der Waals surface area contributed by atoms with Gasteiger partial charge in [-0.15, -0.1) is 0 Å². The third-order valence-corrected chi connectivity index (χ3v) is 3.47. The van der Waals surface area contributed by atoms with E-state index in [0.29, 0.717) is 0 Å². The van der Waals surface area contributed by atoms with Crippen molar-refractivity contribution in [2.75, 3.05) is 7.11 Å². The van der Waals surface area contributed by atoms with Crippen molar-refractivity contribution in [2.24, 2.45) is 0 Å². The molecule has 3 aromatic rings. The number of benzene rings is 2. The van der Waals surface area contributed by atoms with Crippen LogP contribution in [-0.2, 0) is 0 Å². The summed E-state index contributed by atoms with van der Waals surface area (Å²) in [5.41, 5.74) is -0.745. The van der Waals surface area contributed by atoms with Crippen LogP contribution in [-0.4, -0.2) is 32.6 Å². The molecule has 8 heteroatoms. The number of hydrogen-bond donors (Lipinski definition) is 5. The fourth-order valence-electron chi connectivity index (χ4n) is 2.37. The first-order valence-corrected chi connectivity index (χ1v) is 6.65. The lowest BCUT2D eigenvalue weighted by atomic mass is 10.1. The van der Waals surface area contributed by atoms with Gasteiger partial charge in [0, 0.05) is 17.7 Å². The minimum absolute atomic E-state index is 0.0820. The lowest BCUT2D eigenvalue weighted by Crippen LogP contribution is -2.02. The van der Waals surface area contributed by atoms with Crippen molar-refractivity contribution in [3.63, 3.8) is 0 Å². The smallest absolute Gasteiger partial charge is 0.204 e. The lowest BCUT2D eigenvalue weighted by molar-refractivity contribution is 0.366. The molecule has 0 unspecified atom stereocenters. The minimum Gasteiger partial charge on any atom is -0.507 e. The van der Waals surface area contributed by atoms with E-state index in [4.69, 9.17) is 9.15 Å². The number of rotatable bonds is 2. The van der Waals surface area contributed by atoms with Gasteiger partial charge in [-0.25, -0.2) is 0 Å². The second-order valence-corrected chi connectivity index (χ2v) is 4.99. The third-order valence-electron chi connectivity index (χ3n) is 3.47. The Morgan fingerprint density at radius 1 is 0.875 bits per heavy atom. The topological polar surface area (TPSA) is 141 Å². The van der Waals surface area contributed by atoms with Crippen molar-refractivity contribution >= 4 is 11.0 Å². The van der Waals surface area contributed by atoms with E-state index in [1.807, 2.05) is 0 Å². The molecule has 0 aliphatic rings. The summed E-state index contributed by atoms with van der Waals surface area (Å²) in [4.78, 5) is 12.3. The summed E-state index contributed by atoms with van der Waals surface area (Å²) in [6.45, 7) is 0. The van der Waals surface area contributed by atoms with Crippen LogP contribution >= 0.6 is 0 Å². The summed E-state index contributed by atoms with van der Waals surface area (Å²) in [7, 11) is 1.25. The highest BCUT2D eigenvalue weighted by Crippen LogP contribution is 2.42. The maximum absolute atomic E-state index is 12.3. The Hall–Kier alpha value is -3.55. The normalized spacial score (nSPS) is 10.9. The van der Waals surface area contributed by atoms with Gasteiger partial charge in [-0.1, -0.05) is 0 Å². The summed E-state index contributed by atoms with van der Waals surface area (Å²) in [5, 5.41) is 48.0. The van der Waals surface area contributed by atoms with Crippen LogP contribution < -0.4 is 10.2 Å². The zero-order chi connectivity index (χ0) is 17.6. The highest BCUT2D eigenvalue weighted by atomic mass is 16.5. The van der Waals surface area contributed by atoms with Gasteiger partial charge in [-0.2, -0.15) is 0 Å². The molecular weight excluding hydrogens is 320 g/mol. The zero-order valence-electron chi connectivity index (χ0n) is 12.3. The quantitative estimate of drug-likeness (QED) is 0.449. The van der Waals surface area contributed by atoms with Gasteiger partial charge in [-0.05, 0) is 12.1 Å². The number of fused-ring (bicyclic) bond motifs is 1. The van der Waals surface area contributed by atoms with Gasteiger partial charge in [0.25, 0.3) is 0 Å². The maximum atomic E-state index is 12.3. The Balaban J connectivity index is 2.38. The Labute approximate surface area is 134 Å². The summed E-state index contributed by atoms with van der Waals surface area (Å²) < 4.78 is 10.5. The Morgan fingerprint density at radius 3 is 2.08 bits per heavy atom. The molecule has 1 heterocycles. The van der Waals surface area contributed by atoms with E-state index >= 15 is 0 Å². The van der Waals surface area contributed by atoms with Gasteiger partial charge < -0.3 is 34.7 Å². The molecule has 0 bridgehead atoms. The molecule has 0 aliphatic carbocycles. The zero-order valence-corrected chi connectivity index (χ0v) is 12.3. The average Bonchev–Trinajstić information content (AvgIpc) is 2.51. The van der Waals surface area contributed by atoms with Gasteiger partial charge in [0.1, 0.15) is 16.9 Å². The number of ether oxygens (including phenoxy) is 1. The van der Waals surface area contributed by atoms with E-state index in [2.05, 4.69) is 0 Å². The summed E-state index contributed by atoms with van der Waals surface area (Å²) >= 11 is 0. The van der Waals surface area contributed by atoms with Crippen LogP contribution in [0.4, 0.5) is 0 Å². The Bertz CT molecular complexity index is 996. The molecule has 0 aliphatic heterocycles. The number of methoxy groups -OCH3 is 1.